The molecule has 0 aliphatic carbocycles. The Morgan fingerprint density at radius 3 is 1.82 bits per heavy atom. The first-order valence-corrected chi connectivity index (χ1v) is 17.2. The predicted molar refractivity (Wildman–Crippen MR) is 208 cm³/mol. The molecular weight excluding hydrogens is 609 g/mol. The molecule has 0 atom stereocenters. The summed E-state index contributed by atoms with van der Waals surface area (Å²) >= 11 is 0. The summed E-state index contributed by atoms with van der Waals surface area (Å²) in [6.45, 7) is 4.72. The zero-order chi connectivity index (χ0) is 33.4. The van der Waals surface area contributed by atoms with E-state index in [4.69, 9.17) is 4.98 Å². The van der Waals surface area contributed by atoms with Crippen molar-refractivity contribution in [2.75, 3.05) is 4.90 Å². The summed E-state index contributed by atoms with van der Waals surface area (Å²) in [5, 5.41) is 2.50. The van der Waals surface area contributed by atoms with Gasteiger partial charge in [-0.1, -0.05) is 98.8 Å². The van der Waals surface area contributed by atoms with Crippen LogP contribution in [0.5, 0.6) is 0 Å². The van der Waals surface area contributed by atoms with Crippen LogP contribution < -0.4 is 4.90 Å². The van der Waals surface area contributed by atoms with Crippen molar-refractivity contribution >= 4 is 49.9 Å². The van der Waals surface area contributed by atoms with Gasteiger partial charge in [-0.2, -0.15) is 0 Å². The molecular formula is C46H34N4. The molecule has 3 heterocycles. The molecule has 0 saturated carbocycles. The van der Waals surface area contributed by atoms with Crippen LogP contribution >= 0.6 is 0 Å². The molecule has 50 heavy (non-hydrogen) atoms. The third-order valence-corrected chi connectivity index (χ3v) is 10.5. The van der Waals surface area contributed by atoms with E-state index in [0.717, 1.165) is 33.8 Å². The fourth-order valence-electron chi connectivity index (χ4n) is 8.11. The highest BCUT2D eigenvalue weighted by molar-refractivity contribution is 6.11. The van der Waals surface area contributed by atoms with Crippen LogP contribution in [0.15, 0.2) is 170 Å². The number of nitrogens with zero attached hydrogens (tertiary/aromatic N) is 4. The molecule has 0 fully saturated rings. The van der Waals surface area contributed by atoms with Crippen LogP contribution in [0.1, 0.15) is 25.0 Å². The Hall–Kier alpha value is -6.39. The maximum absolute atomic E-state index is 5.13. The maximum Gasteiger partial charge on any atom is 0.145 e. The van der Waals surface area contributed by atoms with E-state index in [9.17, 15) is 0 Å². The monoisotopic (exact) mass is 642 g/mol. The minimum atomic E-state index is -0.213. The molecule has 1 aliphatic heterocycles. The molecule has 0 saturated heterocycles. The van der Waals surface area contributed by atoms with Crippen LogP contribution in [-0.2, 0) is 5.41 Å². The van der Waals surface area contributed by atoms with Gasteiger partial charge in [-0.25, -0.2) is 4.98 Å². The van der Waals surface area contributed by atoms with Gasteiger partial charge in [0.1, 0.15) is 5.82 Å². The van der Waals surface area contributed by atoms with Gasteiger partial charge in [-0.05, 0) is 96.1 Å². The largest absolute Gasteiger partial charge is 0.310 e. The van der Waals surface area contributed by atoms with Crippen LogP contribution in [0.25, 0.3) is 55.6 Å². The number of para-hydroxylation sites is 6. The van der Waals surface area contributed by atoms with Gasteiger partial charge < -0.3 is 9.47 Å². The number of rotatable bonds is 4. The van der Waals surface area contributed by atoms with Gasteiger partial charge in [-0.15, -0.1) is 0 Å². The van der Waals surface area contributed by atoms with Gasteiger partial charge in [0.2, 0.25) is 0 Å². The zero-order valence-corrected chi connectivity index (χ0v) is 28.0. The van der Waals surface area contributed by atoms with E-state index >= 15 is 0 Å². The summed E-state index contributed by atoms with van der Waals surface area (Å²) in [6, 6.07) is 61.1. The zero-order valence-electron chi connectivity index (χ0n) is 28.0. The summed E-state index contributed by atoms with van der Waals surface area (Å²) in [7, 11) is 0. The topological polar surface area (TPSA) is 26.0 Å². The molecule has 9 aromatic rings. The quantitative estimate of drug-likeness (QED) is 0.191. The van der Waals surface area contributed by atoms with Crippen molar-refractivity contribution in [2.45, 2.75) is 19.3 Å². The van der Waals surface area contributed by atoms with E-state index in [1.54, 1.807) is 0 Å². The third kappa shape index (κ3) is 4.15. The Bertz CT molecular complexity index is 2720. The SMILES string of the molecule is CC1(C)c2ccccc2N(c2ccc(-c3nc4ccccc4n3-c3ccccc3)cc2)c2cc3c4ccccc4n(-c4ccccc4)c3cc21. The average Bonchev–Trinajstić information content (AvgIpc) is 3.71. The second-order valence-corrected chi connectivity index (χ2v) is 13.7. The van der Waals surface area contributed by atoms with E-state index in [-0.39, 0.29) is 5.41 Å². The minimum Gasteiger partial charge on any atom is -0.310 e. The van der Waals surface area contributed by atoms with Gasteiger partial charge in [0.05, 0.1) is 33.4 Å². The average molecular weight is 643 g/mol. The van der Waals surface area contributed by atoms with Crippen molar-refractivity contribution in [3.63, 3.8) is 0 Å². The van der Waals surface area contributed by atoms with Crippen LogP contribution in [-0.4, -0.2) is 14.1 Å². The molecule has 0 spiro atoms. The first-order chi connectivity index (χ1) is 24.6. The van der Waals surface area contributed by atoms with E-state index in [1.807, 2.05) is 0 Å². The Morgan fingerprint density at radius 2 is 1.06 bits per heavy atom. The molecule has 0 amide bonds. The number of hydrogen-bond acceptors (Lipinski definition) is 2. The van der Waals surface area contributed by atoms with Crippen LogP contribution in [0, 0.1) is 0 Å². The predicted octanol–water partition coefficient (Wildman–Crippen LogP) is 11.9. The minimum absolute atomic E-state index is 0.213. The number of hydrogen-bond donors (Lipinski definition) is 0. The fourth-order valence-corrected chi connectivity index (χ4v) is 8.11. The van der Waals surface area contributed by atoms with Crippen molar-refractivity contribution in [3.8, 4) is 22.8 Å². The Morgan fingerprint density at radius 1 is 0.440 bits per heavy atom. The van der Waals surface area contributed by atoms with Crippen LogP contribution in [0.4, 0.5) is 17.1 Å². The van der Waals surface area contributed by atoms with Crippen molar-refractivity contribution in [1.82, 2.24) is 14.1 Å². The van der Waals surface area contributed by atoms with E-state index in [2.05, 4.69) is 198 Å². The van der Waals surface area contributed by atoms with Crippen molar-refractivity contribution in [3.05, 3.63) is 181 Å². The smallest absolute Gasteiger partial charge is 0.145 e. The summed E-state index contributed by atoms with van der Waals surface area (Å²) in [6.07, 6.45) is 0. The lowest BCUT2D eigenvalue weighted by Gasteiger charge is -2.42. The number of anilines is 3. The molecule has 4 heteroatoms. The van der Waals surface area contributed by atoms with Gasteiger partial charge >= 0.3 is 0 Å². The number of imidazole rings is 1. The van der Waals surface area contributed by atoms with Crippen molar-refractivity contribution < 1.29 is 0 Å². The van der Waals surface area contributed by atoms with E-state index in [1.165, 1.54) is 50.0 Å². The van der Waals surface area contributed by atoms with Crippen LogP contribution in [0.2, 0.25) is 0 Å². The van der Waals surface area contributed by atoms with E-state index < -0.39 is 0 Å². The molecule has 4 nitrogen and oxygen atoms in total. The van der Waals surface area contributed by atoms with Gasteiger partial charge in [0, 0.05) is 38.8 Å². The van der Waals surface area contributed by atoms with Gasteiger partial charge in [0.15, 0.2) is 0 Å². The third-order valence-electron chi connectivity index (χ3n) is 10.5. The molecule has 0 radical (unpaired) electrons. The Balaban J connectivity index is 1.19. The molecule has 238 valence electrons. The number of aromatic nitrogens is 3. The summed E-state index contributed by atoms with van der Waals surface area (Å²) in [5.41, 5.74) is 13.8. The first kappa shape index (κ1) is 28.6. The highest BCUT2D eigenvalue weighted by Gasteiger charge is 2.37. The Labute approximate surface area is 291 Å². The standard InChI is InChI=1S/C46H34N4/c1-46(2)37-20-10-13-23-41(37)49(44-29-36-35-19-9-12-22-40(35)48(43(36)30-38(44)46)32-15-5-3-6-16-32)34-27-25-31(26-28-34)45-47-39-21-11-14-24-42(39)50(45)33-17-7-4-8-18-33/h3-30H,1-2H3. The number of fused-ring (bicyclic) bond motifs is 6. The second kappa shape index (κ2) is 10.8. The normalized spacial score (nSPS) is 13.5. The lowest BCUT2D eigenvalue weighted by molar-refractivity contribution is 0.632. The summed E-state index contributed by atoms with van der Waals surface area (Å²) in [5.74, 6) is 0.931. The highest BCUT2D eigenvalue weighted by Crippen LogP contribution is 2.53. The molecule has 10 rings (SSSR count). The Kier molecular flexibility index (Phi) is 6.19. The fraction of sp³-hybridized carbons (Fsp3) is 0.0652. The van der Waals surface area contributed by atoms with E-state index in [0.29, 0.717) is 0 Å². The number of benzene rings is 7. The van der Waals surface area contributed by atoms with Gasteiger partial charge in [-0.3, -0.25) is 4.57 Å². The second-order valence-electron chi connectivity index (χ2n) is 13.7. The maximum atomic E-state index is 5.13. The molecule has 0 bridgehead atoms. The highest BCUT2D eigenvalue weighted by atomic mass is 15.2. The van der Waals surface area contributed by atoms with Gasteiger partial charge in [0.25, 0.3) is 0 Å². The first-order valence-electron chi connectivity index (χ1n) is 17.2. The summed E-state index contributed by atoms with van der Waals surface area (Å²) < 4.78 is 4.68. The van der Waals surface area contributed by atoms with Crippen LogP contribution in [0.3, 0.4) is 0 Å². The molecule has 0 unspecified atom stereocenters. The summed E-state index contributed by atoms with van der Waals surface area (Å²) in [4.78, 5) is 7.58. The molecule has 0 N–H and O–H groups in total. The molecule has 7 aromatic carbocycles. The lowest BCUT2D eigenvalue weighted by Crippen LogP contribution is -2.30. The van der Waals surface area contributed by atoms with Crippen molar-refractivity contribution in [1.29, 1.82) is 0 Å². The van der Waals surface area contributed by atoms with Crippen molar-refractivity contribution in [2.24, 2.45) is 0 Å². The molecule has 2 aromatic heterocycles. The molecule has 1 aliphatic rings. The lowest BCUT2D eigenvalue weighted by atomic mass is 9.73.